The first-order valence-corrected chi connectivity index (χ1v) is 6.27. The lowest BCUT2D eigenvalue weighted by molar-refractivity contribution is 0.611. The van der Waals surface area contributed by atoms with Crippen LogP contribution in [-0.4, -0.2) is 37.8 Å². The van der Waals surface area contributed by atoms with Crippen molar-refractivity contribution in [2.45, 2.75) is 13.0 Å². The van der Waals surface area contributed by atoms with Gasteiger partial charge in [-0.25, -0.2) is 0 Å². The Kier molecular flexibility index (Phi) is 4.75. The number of nitrogens with zero attached hydrogens (tertiary/aromatic N) is 3. The quantitative estimate of drug-likeness (QED) is 0.662. The summed E-state index contributed by atoms with van der Waals surface area (Å²) >= 11 is 0. The van der Waals surface area contributed by atoms with Crippen molar-refractivity contribution in [3.05, 3.63) is 11.9 Å². The normalized spacial score (nSPS) is 13.0. The molecule has 0 bridgehead atoms. The van der Waals surface area contributed by atoms with Crippen molar-refractivity contribution in [2.24, 2.45) is 7.05 Å². The van der Waals surface area contributed by atoms with E-state index in [-0.39, 0.29) is 0 Å². The molecule has 6 heteroatoms. The third-order valence-electron chi connectivity index (χ3n) is 1.90. The Labute approximate surface area is 86.3 Å². The van der Waals surface area contributed by atoms with Gasteiger partial charge in [0.15, 0.2) is 0 Å². The SMILES string of the molecule is Cn1nncc1CNCCCS(C)=O. The van der Waals surface area contributed by atoms with Crippen molar-refractivity contribution in [3.8, 4) is 0 Å². The molecule has 14 heavy (non-hydrogen) atoms. The van der Waals surface area contributed by atoms with Gasteiger partial charge in [0.1, 0.15) is 0 Å². The van der Waals surface area contributed by atoms with E-state index in [2.05, 4.69) is 15.6 Å². The van der Waals surface area contributed by atoms with Crippen molar-refractivity contribution in [3.63, 3.8) is 0 Å². The van der Waals surface area contributed by atoms with Crippen molar-refractivity contribution >= 4 is 10.8 Å². The second kappa shape index (κ2) is 5.87. The zero-order chi connectivity index (χ0) is 10.4. The summed E-state index contributed by atoms with van der Waals surface area (Å²) in [5.74, 6) is 0.761. The highest BCUT2D eigenvalue weighted by molar-refractivity contribution is 7.84. The van der Waals surface area contributed by atoms with Crippen LogP contribution in [-0.2, 0) is 24.4 Å². The van der Waals surface area contributed by atoms with Crippen molar-refractivity contribution in [1.29, 1.82) is 0 Å². The van der Waals surface area contributed by atoms with Crippen LogP contribution >= 0.6 is 0 Å². The molecule has 0 saturated carbocycles. The average molecular weight is 216 g/mol. The summed E-state index contributed by atoms with van der Waals surface area (Å²) in [7, 11) is 1.19. The fourth-order valence-electron chi connectivity index (χ4n) is 1.09. The highest BCUT2D eigenvalue weighted by Crippen LogP contribution is 1.92. The van der Waals surface area contributed by atoms with Crippen LogP contribution < -0.4 is 5.32 Å². The first-order chi connectivity index (χ1) is 6.70. The molecule has 0 aliphatic rings. The predicted molar refractivity (Wildman–Crippen MR) is 56.3 cm³/mol. The van der Waals surface area contributed by atoms with Gasteiger partial charge < -0.3 is 5.32 Å². The topological polar surface area (TPSA) is 59.8 Å². The lowest BCUT2D eigenvalue weighted by atomic mass is 10.4. The first kappa shape index (κ1) is 11.3. The smallest absolute Gasteiger partial charge is 0.0738 e. The Morgan fingerprint density at radius 1 is 1.64 bits per heavy atom. The Morgan fingerprint density at radius 3 is 3.00 bits per heavy atom. The van der Waals surface area contributed by atoms with E-state index >= 15 is 0 Å². The van der Waals surface area contributed by atoms with Crippen molar-refractivity contribution in [1.82, 2.24) is 20.3 Å². The molecule has 5 nitrogen and oxygen atoms in total. The number of nitrogens with one attached hydrogen (secondary N) is 1. The van der Waals surface area contributed by atoms with Gasteiger partial charge in [0.05, 0.1) is 11.9 Å². The van der Waals surface area contributed by atoms with E-state index in [4.69, 9.17) is 0 Å². The lowest BCUT2D eigenvalue weighted by Crippen LogP contribution is -2.18. The summed E-state index contributed by atoms with van der Waals surface area (Å²) in [6.07, 6.45) is 4.41. The van der Waals surface area contributed by atoms with Crippen LogP contribution in [0.4, 0.5) is 0 Å². The second-order valence-electron chi connectivity index (χ2n) is 3.16. The summed E-state index contributed by atoms with van der Waals surface area (Å²) in [5, 5.41) is 10.8. The fraction of sp³-hybridized carbons (Fsp3) is 0.750. The zero-order valence-corrected chi connectivity index (χ0v) is 9.38. The van der Waals surface area contributed by atoms with E-state index < -0.39 is 10.8 Å². The summed E-state index contributed by atoms with van der Waals surface area (Å²) in [6.45, 7) is 1.64. The molecule has 0 spiro atoms. The molecule has 0 fully saturated rings. The van der Waals surface area contributed by atoms with E-state index in [9.17, 15) is 4.21 Å². The van der Waals surface area contributed by atoms with E-state index in [1.807, 2.05) is 7.05 Å². The Hall–Kier alpha value is -0.750. The van der Waals surface area contributed by atoms with E-state index in [0.29, 0.717) is 0 Å². The van der Waals surface area contributed by atoms with Crippen LogP contribution in [0.5, 0.6) is 0 Å². The van der Waals surface area contributed by atoms with Gasteiger partial charge in [-0.1, -0.05) is 5.21 Å². The third-order valence-corrected chi connectivity index (χ3v) is 2.76. The third kappa shape index (κ3) is 3.97. The van der Waals surface area contributed by atoms with Crippen LogP contribution in [0.15, 0.2) is 6.20 Å². The van der Waals surface area contributed by atoms with E-state index in [0.717, 1.165) is 31.0 Å². The summed E-state index contributed by atoms with van der Waals surface area (Å²) in [4.78, 5) is 0. The van der Waals surface area contributed by atoms with Gasteiger partial charge >= 0.3 is 0 Å². The first-order valence-electron chi connectivity index (χ1n) is 4.54. The van der Waals surface area contributed by atoms with Crippen LogP contribution in [0.2, 0.25) is 0 Å². The highest BCUT2D eigenvalue weighted by atomic mass is 32.2. The number of aryl methyl sites for hydroxylation is 1. The van der Waals surface area contributed by atoms with Gasteiger partial charge in [-0.05, 0) is 13.0 Å². The number of aromatic nitrogens is 3. The maximum Gasteiger partial charge on any atom is 0.0738 e. The number of hydrogen-bond acceptors (Lipinski definition) is 4. The molecule has 1 aromatic heterocycles. The molecule has 0 radical (unpaired) electrons. The molecule has 1 heterocycles. The van der Waals surface area contributed by atoms with E-state index in [1.54, 1.807) is 17.1 Å². The average Bonchev–Trinajstić information content (AvgIpc) is 2.51. The minimum Gasteiger partial charge on any atom is -0.311 e. The largest absolute Gasteiger partial charge is 0.311 e. The number of rotatable bonds is 6. The minimum atomic E-state index is -0.680. The van der Waals surface area contributed by atoms with Gasteiger partial charge in [0, 0.05) is 36.4 Å². The molecular formula is C8H16N4OS. The molecule has 0 amide bonds. The van der Waals surface area contributed by atoms with Crippen molar-refractivity contribution in [2.75, 3.05) is 18.6 Å². The molecule has 1 unspecified atom stereocenters. The second-order valence-corrected chi connectivity index (χ2v) is 4.71. The van der Waals surface area contributed by atoms with Crippen molar-refractivity contribution < 1.29 is 4.21 Å². The predicted octanol–water partition coefficient (Wildman–Crippen LogP) is -0.327. The van der Waals surface area contributed by atoms with Crippen LogP contribution in [0, 0.1) is 0 Å². The fourth-order valence-corrected chi connectivity index (χ4v) is 1.64. The molecular weight excluding hydrogens is 200 g/mol. The monoisotopic (exact) mass is 216 g/mol. The molecule has 1 N–H and O–H groups in total. The molecule has 1 aromatic rings. The Balaban J connectivity index is 2.10. The lowest BCUT2D eigenvalue weighted by Gasteiger charge is -2.03. The van der Waals surface area contributed by atoms with Crippen LogP contribution in [0.3, 0.4) is 0 Å². The molecule has 0 aliphatic heterocycles. The summed E-state index contributed by atoms with van der Waals surface area (Å²) in [5.41, 5.74) is 1.06. The molecule has 0 saturated heterocycles. The molecule has 0 aliphatic carbocycles. The Morgan fingerprint density at radius 2 is 2.43 bits per heavy atom. The Bertz CT molecular complexity index is 299. The molecule has 1 atom stereocenters. The van der Waals surface area contributed by atoms with Crippen LogP contribution in [0.1, 0.15) is 12.1 Å². The van der Waals surface area contributed by atoms with Crippen LogP contribution in [0.25, 0.3) is 0 Å². The van der Waals surface area contributed by atoms with E-state index in [1.165, 1.54) is 0 Å². The maximum atomic E-state index is 10.7. The van der Waals surface area contributed by atoms with Gasteiger partial charge in [0.2, 0.25) is 0 Å². The molecule has 0 aromatic carbocycles. The summed E-state index contributed by atoms with van der Waals surface area (Å²) < 4.78 is 12.5. The minimum absolute atomic E-state index is 0.680. The zero-order valence-electron chi connectivity index (χ0n) is 8.56. The van der Waals surface area contributed by atoms with Gasteiger partial charge in [-0.15, -0.1) is 5.10 Å². The highest BCUT2D eigenvalue weighted by Gasteiger charge is 1.98. The maximum absolute atomic E-state index is 10.7. The standard InChI is InChI=1S/C8H16N4OS/c1-12-8(7-10-11-12)6-9-4-3-5-14(2)13/h7,9H,3-6H2,1-2H3. The molecule has 80 valence electrons. The van der Waals surface area contributed by atoms with Gasteiger partial charge in [0.25, 0.3) is 0 Å². The van der Waals surface area contributed by atoms with Gasteiger partial charge in [-0.3, -0.25) is 8.89 Å². The molecule has 1 rings (SSSR count). The number of hydrogen-bond donors (Lipinski definition) is 1. The van der Waals surface area contributed by atoms with Gasteiger partial charge in [-0.2, -0.15) is 0 Å². The summed E-state index contributed by atoms with van der Waals surface area (Å²) in [6, 6.07) is 0.